The lowest BCUT2D eigenvalue weighted by Gasteiger charge is -2.42. The van der Waals surface area contributed by atoms with Crippen LogP contribution in [0.4, 0.5) is 0 Å². The number of methoxy groups -OCH3 is 1. The van der Waals surface area contributed by atoms with E-state index in [4.69, 9.17) is 14.2 Å². The zero-order valence-electron chi connectivity index (χ0n) is 18.0. The van der Waals surface area contributed by atoms with Gasteiger partial charge in [-0.1, -0.05) is 30.7 Å². The molecule has 0 aromatic heterocycles. The van der Waals surface area contributed by atoms with Gasteiger partial charge in [0.1, 0.15) is 0 Å². The molecule has 2 N–H and O–H groups in total. The van der Waals surface area contributed by atoms with Gasteiger partial charge in [0.2, 0.25) is 0 Å². The molecule has 6 nitrogen and oxygen atoms in total. The summed E-state index contributed by atoms with van der Waals surface area (Å²) < 4.78 is 16.7. The molecule has 1 aliphatic carbocycles. The Balaban J connectivity index is 1.43. The molecule has 2 fully saturated rings. The molecule has 0 spiro atoms. The maximum atomic E-state index is 6.05. The number of benzene rings is 1. The normalized spacial score (nSPS) is 19.6. The Morgan fingerprint density at radius 3 is 2.69 bits per heavy atom. The zero-order chi connectivity index (χ0) is 20.4. The minimum Gasteiger partial charge on any atom is -0.385 e. The second-order valence-corrected chi connectivity index (χ2v) is 8.32. The van der Waals surface area contributed by atoms with Gasteiger partial charge in [-0.15, -0.1) is 0 Å². The summed E-state index contributed by atoms with van der Waals surface area (Å²) in [5.74, 6) is 0.859. The molecule has 0 amide bonds. The van der Waals surface area contributed by atoms with E-state index < -0.39 is 0 Å². The molecule has 6 heteroatoms. The van der Waals surface area contributed by atoms with Crippen LogP contribution in [0, 0.1) is 5.41 Å². The Bertz CT molecular complexity index is 640. The standard InChI is InChI=1S/C23H37N3O3/c1-24-22(26-18-23(9-4-10-23)11-14-27-2)25-16-19-5-3-6-20(15-19)17-29-21-7-12-28-13-8-21/h3,5-6,15,21H,4,7-14,16-18H2,1-2H3,(H2,24,25,26). The lowest BCUT2D eigenvalue weighted by atomic mass is 9.67. The van der Waals surface area contributed by atoms with Gasteiger partial charge < -0.3 is 24.8 Å². The fourth-order valence-corrected chi connectivity index (χ4v) is 4.07. The van der Waals surface area contributed by atoms with Gasteiger partial charge in [0.05, 0.1) is 12.7 Å². The minimum absolute atomic E-state index is 0.325. The van der Waals surface area contributed by atoms with E-state index in [2.05, 4.69) is 39.9 Å². The molecule has 0 unspecified atom stereocenters. The van der Waals surface area contributed by atoms with E-state index >= 15 is 0 Å². The highest BCUT2D eigenvalue weighted by Gasteiger charge is 2.36. The van der Waals surface area contributed by atoms with Gasteiger partial charge in [-0.05, 0) is 48.6 Å². The average molecular weight is 404 g/mol. The Morgan fingerprint density at radius 2 is 2.00 bits per heavy atom. The van der Waals surface area contributed by atoms with Crippen LogP contribution in [0.1, 0.15) is 49.7 Å². The van der Waals surface area contributed by atoms with E-state index in [9.17, 15) is 0 Å². The quantitative estimate of drug-likeness (QED) is 0.464. The fraction of sp³-hybridized carbons (Fsp3) is 0.696. The Kier molecular flexibility index (Phi) is 8.77. The number of nitrogens with one attached hydrogen (secondary N) is 2. The Morgan fingerprint density at radius 1 is 1.21 bits per heavy atom. The van der Waals surface area contributed by atoms with E-state index in [-0.39, 0.29) is 0 Å². The van der Waals surface area contributed by atoms with E-state index in [0.717, 1.165) is 58.1 Å². The highest BCUT2D eigenvalue weighted by atomic mass is 16.5. The van der Waals surface area contributed by atoms with Crippen molar-refractivity contribution < 1.29 is 14.2 Å². The van der Waals surface area contributed by atoms with Crippen molar-refractivity contribution in [1.82, 2.24) is 10.6 Å². The van der Waals surface area contributed by atoms with Crippen LogP contribution in [0.15, 0.2) is 29.3 Å². The summed E-state index contributed by atoms with van der Waals surface area (Å²) in [5.41, 5.74) is 2.82. The van der Waals surface area contributed by atoms with Crippen molar-refractivity contribution in [3.63, 3.8) is 0 Å². The molecule has 1 aromatic carbocycles. The molecule has 2 aliphatic rings. The first-order valence-corrected chi connectivity index (χ1v) is 10.9. The van der Waals surface area contributed by atoms with E-state index in [1.54, 1.807) is 7.11 Å². The van der Waals surface area contributed by atoms with Gasteiger partial charge in [0, 0.05) is 47.1 Å². The molecule has 1 heterocycles. The van der Waals surface area contributed by atoms with Crippen LogP contribution in [0.3, 0.4) is 0 Å². The number of ether oxygens (including phenoxy) is 3. The number of nitrogens with zero attached hydrogens (tertiary/aromatic N) is 1. The van der Waals surface area contributed by atoms with Gasteiger partial charge in [-0.25, -0.2) is 0 Å². The van der Waals surface area contributed by atoms with E-state index in [1.807, 2.05) is 7.05 Å². The van der Waals surface area contributed by atoms with E-state index in [0.29, 0.717) is 18.1 Å². The third kappa shape index (κ3) is 6.98. The molecule has 3 rings (SSSR count). The third-order valence-corrected chi connectivity index (χ3v) is 6.21. The van der Waals surface area contributed by atoms with Gasteiger partial charge >= 0.3 is 0 Å². The van der Waals surface area contributed by atoms with Crippen molar-refractivity contribution in [2.24, 2.45) is 10.4 Å². The number of aliphatic imine (C=N–C) groups is 1. The summed E-state index contributed by atoms with van der Waals surface area (Å²) in [5, 5.41) is 6.97. The number of guanidine groups is 1. The van der Waals surface area contributed by atoms with Crippen molar-refractivity contribution in [3.8, 4) is 0 Å². The molecule has 1 saturated carbocycles. The van der Waals surface area contributed by atoms with Crippen molar-refractivity contribution in [2.45, 2.75) is 57.8 Å². The predicted molar refractivity (Wildman–Crippen MR) is 116 cm³/mol. The van der Waals surface area contributed by atoms with Crippen LogP contribution in [-0.2, 0) is 27.4 Å². The topological polar surface area (TPSA) is 64.1 Å². The summed E-state index contributed by atoms with van der Waals surface area (Å²) in [6.07, 6.45) is 7.29. The highest BCUT2D eigenvalue weighted by Crippen LogP contribution is 2.43. The first kappa shape index (κ1) is 22.1. The van der Waals surface area contributed by atoms with Crippen molar-refractivity contribution in [3.05, 3.63) is 35.4 Å². The summed E-state index contributed by atoms with van der Waals surface area (Å²) in [6, 6.07) is 8.59. The van der Waals surface area contributed by atoms with Gasteiger partial charge in [-0.2, -0.15) is 0 Å². The molecule has 1 saturated heterocycles. The lowest BCUT2D eigenvalue weighted by Crippen LogP contribution is -2.46. The number of rotatable bonds is 10. The van der Waals surface area contributed by atoms with Crippen LogP contribution in [0.5, 0.6) is 0 Å². The summed E-state index contributed by atoms with van der Waals surface area (Å²) in [7, 11) is 3.61. The van der Waals surface area contributed by atoms with Crippen LogP contribution in [0.2, 0.25) is 0 Å². The smallest absolute Gasteiger partial charge is 0.191 e. The summed E-state index contributed by atoms with van der Waals surface area (Å²) in [4.78, 5) is 4.39. The molecule has 0 atom stereocenters. The number of hydrogen-bond acceptors (Lipinski definition) is 4. The monoisotopic (exact) mass is 403 g/mol. The predicted octanol–water partition coefficient (Wildman–Crippen LogP) is 3.25. The minimum atomic E-state index is 0.325. The van der Waals surface area contributed by atoms with Crippen molar-refractivity contribution >= 4 is 5.96 Å². The SMILES string of the molecule is CN=C(NCc1cccc(COC2CCOCC2)c1)NCC1(CCOC)CCC1. The zero-order valence-corrected chi connectivity index (χ0v) is 18.0. The Hall–Kier alpha value is -1.63. The van der Waals surface area contributed by atoms with Gasteiger partial charge in [-0.3, -0.25) is 4.99 Å². The van der Waals surface area contributed by atoms with E-state index in [1.165, 1.54) is 30.4 Å². The second-order valence-electron chi connectivity index (χ2n) is 8.32. The molecule has 29 heavy (non-hydrogen) atoms. The van der Waals surface area contributed by atoms with Gasteiger partial charge in [0.15, 0.2) is 5.96 Å². The molecule has 0 bridgehead atoms. The molecular formula is C23H37N3O3. The maximum Gasteiger partial charge on any atom is 0.191 e. The molecule has 0 radical (unpaired) electrons. The van der Waals surface area contributed by atoms with Crippen LogP contribution in [0.25, 0.3) is 0 Å². The number of hydrogen-bond donors (Lipinski definition) is 2. The van der Waals surface area contributed by atoms with Crippen LogP contribution >= 0.6 is 0 Å². The molecular weight excluding hydrogens is 366 g/mol. The van der Waals surface area contributed by atoms with Crippen LogP contribution in [-0.4, -0.2) is 52.6 Å². The van der Waals surface area contributed by atoms with Crippen molar-refractivity contribution in [1.29, 1.82) is 0 Å². The maximum absolute atomic E-state index is 6.05. The summed E-state index contributed by atoms with van der Waals surface area (Å²) in [6.45, 7) is 4.82. The van der Waals surface area contributed by atoms with Crippen LogP contribution < -0.4 is 10.6 Å². The highest BCUT2D eigenvalue weighted by molar-refractivity contribution is 5.79. The van der Waals surface area contributed by atoms with Crippen molar-refractivity contribution in [2.75, 3.05) is 40.5 Å². The summed E-state index contributed by atoms with van der Waals surface area (Å²) >= 11 is 0. The third-order valence-electron chi connectivity index (χ3n) is 6.21. The molecule has 162 valence electrons. The average Bonchev–Trinajstić information content (AvgIpc) is 2.74. The molecule has 1 aromatic rings. The first-order valence-electron chi connectivity index (χ1n) is 10.9. The Labute approximate surface area is 175 Å². The first-order chi connectivity index (χ1) is 14.2. The fourth-order valence-electron chi connectivity index (χ4n) is 4.07. The lowest BCUT2D eigenvalue weighted by molar-refractivity contribution is -0.0390. The molecule has 1 aliphatic heterocycles. The second kappa shape index (κ2) is 11.5. The largest absolute Gasteiger partial charge is 0.385 e. The van der Waals surface area contributed by atoms with Gasteiger partial charge in [0.25, 0.3) is 0 Å².